The van der Waals surface area contributed by atoms with Crippen LogP contribution in [-0.4, -0.2) is 55.6 Å². The highest BCUT2D eigenvalue weighted by atomic mass is 16.5. The van der Waals surface area contributed by atoms with Crippen LogP contribution in [0, 0.1) is 5.92 Å². The first-order valence-corrected chi connectivity index (χ1v) is 9.09. The fourth-order valence-electron chi connectivity index (χ4n) is 3.52. The van der Waals surface area contributed by atoms with Crippen LogP contribution in [-0.2, 0) is 4.79 Å². The highest BCUT2D eigenvalue weighted by molar-refractivity contribution is 6.01. The summed E-state index contributed by atoms with van der Waals surface area (Å²) in [7, 11) is 4.84. The van der Waals surface area contributed by atoms with Gasteiger partial charge in [-0.25, -0.2) is 4.79 Å². The van der Waals surface area contributed by atoms with Crippen molar-refractivity contribution in [2.24, 2.45) is 5.92 Å². The first-order valence-electron chi connectivity index (χ1n) is 9.09. The van der Waals surface area contributed by atoms with E-state index in [4.69, 9.17) is 9.47 Å². The van der Waals surface area contributed by atoms with Crippen LogP contribution in [0.25, 0.3) is 0 Å². The third-order valence-corrected chi connectivity index (χ3v) is 5.55. The van der Waals surface area contributed by atoms with Crippen LogP contribution >= 0.6 is 0 Å². The lowest BCUT2D eigenvalue weighted by Gasteiger charge is -2.31. The number of hydrogen-bond donors (Lipinski definition) is 1. The average Bonchev–Trinajstić information content (AvgIpc) is 3.00. The third kappa shape index (κ3) is 3.22. The Morgan fingerprint density at radius 1 is 1.07 bits per heavy atom. The van der Waals surface area contributed by atoms with Crippen LogP contribution in [0.2, 0.25) is 0 Å². The Morgan fingerprint density at radius 2 is 1.67 bits per heavy atom. The van der Waals surface area contributed by atoms with Crippen molar-refractivity contribution in [3.8, 4) is 11.5 Å². The fourth-order valence-corrected chi connectivity index (χ4v) is 3.52. The topological polar surface area (TPSA) is 71.1 Å². The smallest absolute Gasteiger partial charge is 0.322 e. The number of carbonyl (C=O) groups is 2. The van der Waals surface area contributed by atoms with Crippen molar-refractivity contribution < 1.29 is 19.1 Å². The van der Waals surface area contributed by atoms with Crippen molar-refractivity contribution in [1.29, 1.82) is 0 Å². The lowest BCUT2D eigenvalue weighted by Crippen LogP contribution is -2.45. The van der Waals surface area contributed by atoms with Crippen LogP contribution in [0.4, 0.5) is 4.79 Å². The molecule has 2 aliphatic rings. The number of hydrogen-bond acceptors (Lipinski definition) is 4. The van der Waals surface area contributed by atoms with Gasteiger partial charge in [0, 0.05) is 19.2 Å². The van der Waals surface area contributed by atoms with Gasteiger partial charge in [0.25, 0.3) is 5.91 Å². The standard InChI is InChI=1S/C20H27N3O4/c1-11(2)12(3)23-10-16-17(19(23)24)18(21-20(25)22(16)4)13-7-14(26-5)9-15(8-13)27-6/h7-9,11-12,18H,10H2,1-6H3,(H,21,25)/t12-,18+/m0/s1. The molecule has 0 saturated heterocycles. The minimum absolute atomic E-state index is 0.0372. The maximum absolute atomic E-state index is 13.3. The lowest BCUT2D eigenvalue weighted by atomic mass is 9.95. The van der Waals surface area contributed by atoms with Crippen LogP contribution in [0.15, 0.2) is 29.5 Å². The van der Waals surface area contributed by atoms with E-state index in [-0.39, 0.29) is 18.0 Å². The summed E-state index contributed by atoms with van der Waals surface area (Å²) in [4.78, 5) is 29.2. The molecular weight excluding hydrogens is 346 g/mol. The summed E-state index contributed by atoms with van der Waals surface area (Å²) < 4.78 is 10.7. The molecule has 0 aliphatic carbocycles. The zero-order valence-corrected chi connectivity index (χ0v) is 16.7. The Kier molecular flexibility index (Phi) is 5.04. The van der Waals surface area contributed by atoms with E-state index < -0.39 is 6.04 Å². The molecule has 0 bridgehead atoms. The predicted molar refractivity (Wildman–Crippen MR) is 102 cm³/mol. The summed E-state index contributed by atoms with van der Waals surface area (Å²) >= 11 is 0. The third-order valence-electron chi connectivity index (χ3n) is 5.55. The zero-order valence-electron chi connectivity index (χ0n) is 16.7. The average molecular weight is 373 g/mol. The second-order valence-electron chi connectivity index (χ2n) is 7.37. The Hall–Kier alpha value is -2.70. The summed E-state index contributed by atoms with van der Waals surface area (Å²) in [6, 6.07) is 4.72. The Morgan fingerprint density at radius 3 is 2.19 bits per heavy atom. The minimum Gasteiger partial charge on any atom is -0.497 e. The van der Waals surface area contributed by atoms with E-state index in [1.54, 1.807) is 27.3 Å². The van der Waals surface area contributed by atoms with Crippen LogP contribution in [0.1, 0.15) is 32.4 Å². The summed E-state index contributed by atoms with van der Waals surface area (Å²) in [5.41, 5.74) is 2.12. The van der Waals surface area contributed by atoms with E-state index in [2.05, 4.69) is 19.2 Å². The maximum atomic E-state index is 13.3. The summed E-state index contributed by atoms with van der Waals surface area (Å²) in [6.45, 7) is 6.66. The van der Waals surface area contributed by atoms with Crippen LogP contribution in [0.5, 0.6) is 11.5 Å². The van der Waals surface area contributed by atoms with Gasteiger partial charge in [0.15, 0.2) is 0 Å². The molecule has 7 nitrogen and oxygen atoms in total. The molecule has 27 heavy (non-hydrogen) atoms. The first kappa shape index (κ1) is 19.1. The zero-order chi connectivity index (χ0) is 19.9. The van der Waals surface area contributed by atoms with Gasteiger partial charge < -0.3 is 19.7 Å². The van der Waals surface area contributed by atoms with Crippen LogP contribution < -0.4 is 14.8 Å². The van der Waals surface area contributed by atoms with Crippen molar-refractivity contribution in [3.63, 3.8) is 0 Å². The number of rotatable bonds is 5. The van der Waals surface area contributed by atoms with Crippen molar-refractivity contribution >= 4 is 11.9 Å². The minimum atomic E-state index is -0.537. The van der Waals surface area contributed by atoms with Gasteiger partial charge in [-0.1, -0.05) is 13.8 Å². The SMILES string of the molecule is COc1cc(OC)cc([C@H]2NC(=O)N(C)C3=C2C(=O)N([C@@H](C)C(C)C)C3)c1. The molecule has 1 N–H and O–H groups in total. The largest absolute Gasteiger partial charge is 0.497 e. The number of amides is 3. The van der Waals surface area contributed by atoms with Gasteiger partial charge in [0.05, 0.1) is 38.1 Å². The maximum Gasteiger partial charge on any atom is 0.322 e. The van der Waals surface area contributed by atoms with E-state index in [1.807, 2.05) is 24.0 Å². The molecule has 2 aliphatic heterocycles. The molecule has 146 valence electrons. The quantitative estimate of drug-likeness (QED) is 0.861. The molecule has 0 aromatic heterocycles. The molecule has 7 heteroatoms. The Balaban J connectivity index is 2.07. The Labute approximate surface area is 159 Å². The van der Waals surface area contributed by atoms with E-state index >= 15 is 0 Å². The van der Waals surface area contributed by atoms with Gasteiger partial charge in [0.2, 0.25) is 0 Å². The van der Waals surface area contributed by atoms with Gasteiger partial charge in [-0.15, -0.1) is 0 Å². The lowest BCUT2D eigenvalue weighted by molar-refractivity contribution is -0.128. The molecule has 3 rings (SSSR count). The number of ether oxygens (including phenoxy) is 2. The summed E-state index contributed by atoms with van der Waals surface area (Å²) in [5.74, 6) is 1.50. The van der Waals surface area contributed by atoms with Gasteiger partial charge in [-0.3, -0.25) is 9.69 Å². The Bertz CT molecular complexity index is 780. The number of nitrogens with one attached hydrogen (secondary N) is 1. The van der Waals surface area contributed by atoms with Crippen molar-refractivity contribution in [1.82, 2.24) is 15.1 Å². The molecule has 0 fully saturated rings. The molecular formula is C20H27N3O4. The molecule has 0 radical (unpaired) electrons. The number of nitrogens with zero attached hydrogens (tertiary/aromatic N) is 2. The number of urea groups is 1. The van der Waals surface area contributed by atoms with Gasteiger partial charge in [0.1, 0.15) is 11.5 Å². The van der Waals surface area contributed by atoms with Crippen molar-refractivity contribution in [3.05, 3.63) is 35.0 Å². The molecule has 0 saturated carbocycles. The molecule has 3 amide bonds. The highest BCUT2D eigenvalue weighted by Crippen LogP contribution is 2.39. The molecule has 2 atom stereocenters. The first-order chi connectivity index (χ1) is 12.8. The van der Waals surface area contributed by atoms with Gasteiger partial charge in [-0.2, -0.15) is 0 Å². The number of likely N-dealkylation sites (N-methyl/N-ethyl adjacent to an activating group) is 1. The number of benzene rings is 1. The number of carbonyl (C=O) groups excluding carboxylic acids is 2. The van der Waals surface area contributed by atoms with Crippen LogP contribution in [0.3, 0.4) is 0 Å². The summed E-state index contributed by atoms with van der Waals surface area (Å²) in [6.07, 6.45) is 0. The normalized spacial score (nSPS) is 20.8. The van der Waals surface area contributed by atoms with E-state index in [9.17, 15) is 9.59 Å². The second-order valence-corrected chi connectivity index (χ2v) is 7.37. The second kappa shape index (κ2) is 7.13. The van der Waals surface area contributed by atoms with E-state index in [0.29, 0.717) is 29.5 Å². The molecule has 0 spiro atoms. The molecule has 2 heterocycles. The monoisotopic (exact) mass is 373 g/mol. The van der Waals surface area contributed by atoms with Crippen molar-refractivity contribution in [2.75, 3.05) is 27.8 Å². The molecule has 1 aromatic rings. The van der Waals surface area contributed by atoms with E-state index in [1.165, 1.54) is 4.90 Å². The summed E-state index contributed by atoms with van der Waals surface area (Å²) in [5, 5.41) is 2.95. The molecule has 0 unspecified atom stereocenters. The number of methoxy groups -OCH3 is 2. The van der Waals surface area contributed by atoms with Gasteiger partial charge in [-0.05, 0) is 30.5 Å². The highest BCUT2D eigenvalue weighted by Gasteiger charge is 2.44. The van der Waals surface area contributed by atoms with E-state index in [0.717, 1.165) is 11.3 Å². The molecule has 1 aromatic carbocycles. The van der Waals surface area contributed by atoms with Crippen molar-refractivity contribution in [2.45, 2.75) is 32.9 Å². The fraction of sp³-hybridized carbons (Fsp3) is 0.500. The van der Waals surface area contributed by atoms with Gasteiger partial charge >= 0.3 is 6.03 Å². The predicted octanol–water partition coefficient (Wildman–Crippen LogP) is 2.54.